The van der Waals surface area contributed by atoms with Gasteiger partial charge in [0.15, 0.2) is 0 Å². The minimum Gasteiger partial charge on any atom is -0.478 e. The van der Waals surface area contributed by atoms with Crippen LogP contribution in [0.15, 0.2) is 12.3 Å². The van der Waals surface area contributed by atoms with Gasteiger partial charge in [0, 0.05) is 11.7 Å². The summed E-state index contributed by atoms with van der Waals surface area (Å²) in [5.41, 5.74) is 0.137. The molecule has 0 radical (unpaired) electrons. The Hall–Kier alpha value is -1.29. The number of carbonyl (C=O) groups is 1. The maximum Gasteiger partial charge on any atom is 0.337 e. The molecule has 1 fully saturated rings. The SMILES string of the molecule is CC1(Nc2cc(C(=O)O)c(Cl)cn2)CCC1. The zero-order chi connectivity index (χ0) is 11.8. The minimum absolute atomic E-state index is 0.0522. The molecular formula is C11H13ClN2O2. The zero-order valence-electron chi connectivity index (χ0n) is 8.96. The van der Waals surface area contributed by atoms with Crippen LogP contribution in [0.4, 0.5) is 5.82 Å². The first kappa shape index (κ1) is 11.2. The van der Waals surface area contributed by atoms with Crippen molar-refractivity contribution >= 4 is 23.4 Å². The second-order valence-electron chi connectivity index (χ2n) is 4.39. The van der Waals surface area contributed by atoms with Crippen molar-refractivity contribution in [3.63, 3.8) is 0 Å². The molecule has 1 aromatic heterocycles. The molecule has 2 N–H and O–H groups in total. The van der Waals surface area contributed by atoms with Crippen LogP contribution in [0.3, 0.4) is 0 Å². The van der Waals surface area contributed by atoms with Crippen LogP contribution in [0.1, 0.15) is 36.5 Å². The molecule has 0 aliphatic heterocycles. The van der Waals surface area contributed by atoms with E-state index in [4.69, 9.17) is 16.7 Å². The fraction of sp³-hybridized carbons (Fsp3) is 0.455. The van der Waals surface area contributed by atoms with E-state index in [2.05, 4.69) is 17.2 Å². The number of pyridine rings is 1. The third-order valence-corrected chi connectivity index (χ3v) is 3.27. The lowest BCUT2D eigenvalue weighted by atomic mass is 9.78. The molecule has 0 aromatic carbocycles. The summed E-state index contributed by atoms with van der Waals surface area (Å²) in [6, 6.07) is 1.48. The molecule has 86 valence electrons. The number of hydrogen-bond donors (Lipinski definition) is 2. The molecule has 2 rings (SSSR count). The first-order chi connectivity index (χ1) is 7.50. The normalized spacial score (nSPS) is 17.6. The predicted molar refractivity (Wildman–Crippen MR) is 62.1 cm³/mol. The van der Waals surface area contributed by atoms with Crippen LogP contribution >= 0.6 is 11.6 Å². The molecule has 5 heteroatoms. The number of carboxylic acid groups (broad SMARTS) is 1. The molecule has 1 saturated carbocycles. The lowest BCUT2D eigenvalue weighted by Gasteiger charge is -2.39. The summed E-state index contributed by atoms with van der Waals surface area (Å²) < 4.78 is 0. The number of rotatable bonds is 3. The van der Waals surface area contributed by atoms with E-state index in [1.54, 1.807) is 0 Å². The van der Waals surface area contributed by atoms with Gasteiger partial charge in [-0.2, -0.15) is 0 Å². The van der Waals surface area contributed by atoms with Crippen LogP contribution in [0.5, 0.6) is 0 Å². The summed E-state index contributed by atoms with van der Waals surface area (Å²) in [5, 5.41) is 12.3. The third-order valence-electron chi connectivity index (χ3n) is 2.97. The maximum atomic E-state index is 10.9. The molecule has 1 aliphatic carbocycles. The quantitative estimate of drug-likeness (QED) is 0.853. The Morgan fingerprint density at radius 1 is 1.62 bits per heavy atom. The van der Waals surface area contributed by atoms with E-state index in [1.807, 2.05) is 0 Å². The molecule has 0 saturated heterocycles. The molecule has 0 spiro atoms. The monoisotopic (exact) mass is 240 g/mol. The molecular weight excluding hydrogens is 228 g/mol. The second-order valence-corrected chi connectivity index (χ2v) is 4.80. The van der Waals surface area contributed by atoms with Gasteiger partial charge in [0.05, 0.1) is 10.6 Å². The lowest BCUT2D eigenvalue weighted by molar-refractivity contribution is 0.0697. The van der Waals surface area contributed by atoms with E-state index in [9.17, 15) is 4.79 Å². The average molecular weight is 241 g/mol. The van der Waals surface area contributed by atoms with Gasteiger partial charge in [-0.05, 0) is 32.3 Å². The van der Waals surface area contributed by atoms with Crippen LogP contribution in [0.2, 0.25) is 5.02 Å². The van der Waals surface area contributed by atoms with Crippen LogP contribution in [-0.4, -0.2) is 21.6 Å². The summed E-state index contributed by atoms with van der Waals surface area (Å²) in [5.74, 6) is -0.460. The highest BCUT2D eigenvalue weighted by molar-refractivity contribution is 6.33. The van der Waals surface area contributed by atoms with Crippen LogP contribution in [0.25, 0.3) is 0 Å². The number of carboxylic acids is 1. The van der Waals surface area contributed by atoms with Gasteiger partial charge in [-0.3, -0.25) is 0 Å². The Bertz CT molecular complexity index is 430. The van der Waals surface area contributed by atoms with Crippen molar-refractivity contribution in [1.29, 1.82) is 0 Å². The van der Waals surface area contributed by atoms with Crippen molar-refractivity contribution in [2.75, 3.05) is 5.32 Å². The second kappa shape index (κ2) is 3.94. The number of anilines is 1. The van der Waals surface area contributed by atoms with Gasteiger partial charge in [-0.15, -0.1) is 0 Å². The zero-order valence-corrected chi connectivity index (χ0v) is 9.71. The Labute approximate surface area is 98.6 Å². The topological polar surface area (TPSA) is 62.2 Å². The van der Waals surface area contributed by atoms with E-state index in [-0.39, 0.29) is 16.1 Å². The molecule has 0 amide bonds. The van der Waals surface area contributed by atoms with Gasteiger partial charge < -0.3 is 10.4 Å². The number of nitrogens with zero attached hydrogens (tertiary/aromatic N) is 1. The highest BCUT2D eigenvalue weighted by Crippen LogP contribution is 2.34. The number of aromatic nitrogens is 1. The van der Waals surface area contributed by atoms with Gasteiger partial charge >= 0.3 is 5.97 Å². The Morgan fingerprint density at radius 3 is 2.81 bits per heavy atom. The van der Waals surface area contributed by atoms with Crippen molar-refractivity contribution in [3.8, 4) is 0 Å². The smallest absolute Gasteiger partial charge is 0.337 e. The standard InChI is InChI=1S/C11H13ClN2O2/c1-11(3-2-4-11)14-9-5-7(10(15)16)8(12)6-13-9/h5-6H,2-4H2,1H3,(H,13,14)(H,15,16). The van der Waals surface area contributed by atoms with E-state index >= 15 is 0 Å². The summed E-state index contributed by atoms with van der Waals surface area (Å²) >= 11 is 5.74. The summed E-state index contributed by atoms with van der Waals surface area (Å²) in [4.78, 5) is 15.0. The Kier molecular flexibility index (Phi) is 2.76. The molecule has 0 atom stereocenters. The number of nitrogens with one attached hydrogen (secondary N) is 1. The number of aromatic carboxylic acids is 1. The van der Waals surface area contributed by atoms with Crippen LogP contribution in [-0.2, 0) is 0 Å². The van der Waals surface area contributed by atoms with Gasteiger partial charge in [-0.1, -0.05) is 11.6 Å². The molecule has 0 unspecified atom stereocenters. The first-order valence-electron chi connectivity index (χ1n) is 5.17. The maximum absolute atomic E-state index is 10.9. The fourth-order valence-electron chi connectivity index (χ4n) is 1.81. The lowest BCUT2D eigenvalue weighted by Crippen LogP contribution is -2.41. The minimum atomic E-state index is -1.03. The van der Waals surface area contributed by atoms with E-state index < -0.39 is 5.97 Å². The number of hydrogen-bond acceptors (Lipinski definition) is 3. The molecule has 1 heterocycles. The van der Waals surface area contributed by atoms with E-state index in [0.717, 1.165) is 12.8 Å². The van der Waals surface area contributed by atoms with Crippen LogP contribution < -0.4 is 5.32 Å². The van der Waals surface area contributed by atoms with Gasteiger partial charge in [0.2, 0.25) is 0 Å². The third kappa shape index (κ3) is 2.11. The Morgan fingerprint density at radius 2 is 2.31 bits per heavy atom. The average Bonchev–Trinajstić information content (AvgIpc) is 2.18. The van der Waals surface area contributed by atoms with Gasteiger partial charge in [0.25, 0.3) is 0 Å². The molecule has 16 heavy (non-hydrogen) atoms. The molecule has 4 nitrogen and oxygen atoms in total. The largest absolute Gasteiger partial charge is 0.478 e. The number of halogens is 1. The molecule has 0 bridgehead atoms. The van der Waals surface area contributed by atoms with Gasteiger partial charge in [0.1, 0.15) is 5.82 Å². The molecule has 1 aromatic rings. The summed E-state index contributed by atoms with van der Waals surface area (Å²) in [6.45, 7) is 2.10. The fourth-order valence-corrected chi connectivity index (χ4v) is 2.00. The summed E-state index contributed by atoms with van der Waals surface area (Å²) in [6.07, 6.45) is 4.73. The van der Waals surface area contributed by atoms with Crippen molar-refractivity contribution in [3.05, 3.63) is 22.8 Å². The first-order valence-corrected chi connectivity index (χ1v) is 5.55. The van der Waals surface area contributed by atoms with Crippen molar-refractivity contribution in [2.45, 2.75) is 31.7 Å². The Balaban J connectivity index is 2.22. The van der Waals surface area contributed by atoms with Crippen molar-refractivity contribution < 1.29 is 9.90 Å². The van der Waals surface area contributed by atoms with Crippen molar-refractivity contribution in [1.82, 2.24) is 4.98 Å². The highest BCUT2D eigenvalue weighted by Gasteiger charge is 2.31. The van der Waals surface area contributed by atoms with E-state index in [1.165, 1.54) is 18.7 Å². The van der Waals surface area contributed by atoms with Crippen LogP contribution in [0, 0.1) is 0 Å². The predicted octanol–water partition coefficient (Wildman–Crippen LogP) is 2.79. The highest BCUT2D eigenvalue weighted by atomic mass is 35.5. The molecule has 1 aliphatic rings. The summed E-state index contributed by atoms with van der Waals surface area (Å²) in [7, 11) is 0. The van der Waals surface area contributed by atoms with Crippen molar-refractivity contribution in [2.24, 2.45) is 0 Å². The van der Waals surface area contributed by atoms with E-state index in [0.29, 0.717) is 5.82 Å². The van der Waals surface area contributed by atoms with Gasteiger partial charge in [-0.25, -0.2) is 9.78 Å².